The predicted molar refractivity (Wildman–Crippen MR) is 114 cm³/mol. The van der Waals surface area contributed by atoms with Crippen molar-refractivity contribution >= 4 is 23.4 Å². The van der Waals surface area contributed by atoms with Crippen molar-refractivity contribution in [2.24, 2.45) is 11.8 Å². The highest BCUT2D eigenvalue weighted by atomic mass is 16.6. The van der Waals surface area contributed by atoms with Gasteiger partial charge in [-0.2, -0.15) is 0 Å². The molecule has 0 radical (unpaired) electrons. The molecule has 1 aliphatic heterocycles. The number of Topliss-reactive ketones (excluding diaryl/α,β-unsaturated/α-hetero) is 1. The summed E-state index contributed by atoms with van der Waals surface area (Å²) in [4.78, 5) is 49.8. The van der Waals surface area contributed by atoms with E-state index in [0.717, 1.165) is 0 Å². The smallest absolute Gasteiger partial charge is 0.336 e. The number of esters is 2. The maximum absolute atomic E-state index is 13.6. The lowest BCUT2D eigenvalue weighted by molar-refractivity contribution is -0.384. The minimum Gasteiger partial charge on any atom is -0.468 e. The van der Waals surface area contributed by atoms with Crippen molar-refractivity contribution < 1.29 is 28.8 Å². The summed E-state index contributed by atoms with van der Waals surface area (Å²) in [5, 5.41) is 14.5. The van der Waals surface area contributed by atoms with Crippen LogP contribution in [-0.2, 0) is 23.9 Å². The average Bonchev–Trinajstić information content (AvgIpc) is 2.76. The van der Waals surface area contributed by atoms with Gasteiger partial charge in [0.1, 0.15) is 5.92 Å². The summed E-state index contributed by atoms with van der Waals surface area (Å²) in [6.45, 7) is 5.55. The molecule has 0 saturated carbocycles. The summed E-state index contributed by atoms with van der Waals surface area (Å²) in [5.74, 6) is -3.94. The summed E-state index contributed by atoms with van der Waals surface area (Å²) in [5.41, 5.74) is 1.80. The molecule has 32 heavy (non-hydrogen) atoms. The number of non-ortho nitro benzene ring substituents is 1. The molecule has 0 unspecified atom stereocenters. The summed E-state index contributed by atoms with van der Waals surface area (Å²) in [7, 11) is 1.22. The zero-order valence-electron chi connectivity index (χ0n) is 18.5. The summed E-state index contributed by atoms with van der Waals surface area (Å²) in [6, 6.07) is 5.83. The molecule has 1 aliphatic carbocycles. The molecule has 0 fully saturated rings. The second-order valence-electron chi connectivity index (χ2n) is 8.02. The van der Waals surface area contributed by atoms with Crippen LogP contribution in [0.25, 0.3) is 0 Å². The Hall–Kier alpha value is -3.49. The number of nitrogens with zero attached hydrogens (tertiary/aromatic N) is 1. The first kappa shape index (κ1) is 23.2. The van der Waals surface area contributed by atoms with E-state index in [0.29, 0.717) is 29.8 Å². The van der Waals surface area contributed by atoms with Crippen molar-refractivity contribution in [1.29, 1.82) is 0 Å². The van der Waals surface area contributed by atoms with E-state index in [-0.39, 0.29) is 29.4 Å². The zero-order chi connectivity index (χ0) is 23.6. The third kappa shape index (κ3) is 4.15. The minimum absolute atomic E-state index is 0.164. The van der Waals surface area contributed by atoms with Crippen molar-refractivity contribution in [2.45, 2.75) is 39.5 Å². The minimum atomic E-state index is -1.02. The number of hydrogen-bond donors (Lipinski definition) is 1. The number of nitro groups is 1. The van der Waals surface area contributed by atoms with Crippen LogP contribution in [0.3, 0.4) is 0 Å². The van der Waals surface area contributed by atoms with Gasteiger partial charge in [-0.25, -0.2) is 4.79 Å². The molecule has 1 aromatic rings. The van der Waals surface area contributed by atoms with Crippen molar-refractivity contribution in [3.63, 3.8) is 0 Å². The third-order valence-electron chi connectivity index (χ3n) is 5.81. The molecule has 0 bridgehead atoms. The highest BCUT2D eigenvalue weighted by Gasteiger charge is 2.47. The van der Waals surface area contributed by atoms with Gasteiger partial charge in [0.25, 0.3) is 5.69 Å². The van der Waals surface area contributed by atoms with E-state index in [2.05, 4.69) is 5.32 Å². The lowest BCUT2D eigenvalue weighted by Crippen LogP contribution is -2.43. The van der Waals surface area contributed by atoms with E-state index < -0.39 is 34.5 Å². The van der Waals surface area contributed by atoms with Gasteiger partial charge in [-0.3, -0.25) is 19.7 Å². The molecule has 0 spiro atoms. The van der Waals surface area contributed by atoms with Crippen molar-refractivity contribution in [2.75, 3.05) is 13.7 Å². The number of dihydropyridines is 1. The van der Waals surface area contributed by atoms with Gasteiger partial charge >= 0.3 is 11.9 Å². The summed E-state index contributed by atoms with van der Waals surface area (Å²) in [6.07, 6.45) is 1.00. The van der Waals surface area contributed by atoms with Crippen LogP contribution in [0.2, 0.25) is 0 Å². The van der Waals surface area contributed by atoms with Gasteiger partial charge < -0.3 is 14.8 Å². The number of allylic oxidation sites excluding steroid dienone is 3. The number of benzene rings is 1. The van der Waals surface area contributed by atoms with Crippen LogP contribution < -0.4 is 5.32 Å². The number of carbonyl (C=O) groups is 3. The van der Waals surface area contributed by atoms with E-state index >= 15 is 0 Å². The Balaban J connectivity index is 2.20. The maximum Gasteiger partial charge on any atom is 0.336 e. The van der Waals surface area contributed by atoms with Crippen molar-refractivity contribution in [3.05, 3.63) is 62.5 Å². The zero-order valence-corrected chi connectivity index (χ0v) is 18.5. The quantitative estimate of drug-likeness (QED) is 0.308. The molecule has 3 atom stereocenters. The average molecular weight is 442 g/mol. The van der Waals surface area contributed by atoms with E-state index in [9.17, 15) is 24.5 Å². The Morgan fingerprint density at radius 1 is 1.31 bits per heavy atom. The molecule has 9 heteroatoms. The topological polar surface area (TPSA) is 125 Å². The van der Waals surface area contributed by atoms with E-state index in [1.165, 1.54) is 25.3 Å². The fraction of sp³-hybridized carbons (Fsp3) is 0.435. The van der Waals surface area contributed by atoms with Gasteiger partial charge in [-0.1, -0.05) is 26.0 Å². The number of hydrogen-bond acceptors (Lipinski definition) is 8. The first-order valence-electron chi connectivity index (χ1n) is 10.5. The Bertz CT molecular complexity index is 1040. The number of rotatable bonds is 6. The van der Waals surface area contributed by atoms with Gasteiger partial charge in [0.2, 0.25) is 0 Å². The van der Waals surface area contributed by atoms with Gasteiger partial charge in [-0.15, -0.1) is 0 Å². The van der Waals surface area contributed by atoms with E-state index in [4.69, 9.17) is 9.47 Å². The number of methoxy groups -OCH3 is 1. The standard InChI is InChI=1S/C23H26N2O7/c1-5-9-32-23(28)18-13(3)24-16-10-12(2)17(22(27)31-4)21(26)20(16)19(18)14-7-6-8-15(11-14)25(29)30/h6-8,11-12,17,19,24H,5,9-10H2,1-4H3/t12-,17-,19+/m0/s1. The molecular formula is C23H26N2O7. The third-order valence-corrected chi connectivity index (χ3v) is 5.81. The molecule has 1 heterocycles. The SMILES string of the molecule is CCCOC(=O)C1=C(C)NC2=C(C(=O)[C@@H](C(=O)OC)[C@@H](C)C2)[C@@H]1c1cccc([N+](=O)[O-])c1. The van der Waals surface area contributed by atoms with Crippen LogP contribution in [0.1, 0.15) is 45.1 Å². The Kier molecular flexibility index (Phi) is 6.76. The molecule has 0 aromatic heterocycles. The molecule has 0 amide bonds. The first-order valence-corrected chi connectivity index (χ1v) is 10.5. The molecule has 9 nitrogen and oxygen atoms in total. The number of nitrogens with one attached hydrogen (secondary N) is 1. The molecule has 1 aromatic carbocycles. The van der Waals surface area contributed by atoms with Gasteiger partial charge in [-0.05, 0) is 31.2 Å². The largest absolute Gasteiger partial charge is 0.468 e. The molecule has 3 rings (SSSR count). The normalized spacial score (nSPS) is 22.8. The lowest BCUT2D eigenvalue weighted by atomic mass is 9.69. The van der Waals surface area contributed by atoms with Gasteiger partial charge in [0, 0.05) is 35.0 Å². The fourth-order valence-electron chi connectivity index (χ4n) is 4.37. The van der Waals surface area contributed by atoms with Crippen LogP contribution in [0.15, 0.2) is 46.8 Å². The number of carbonyl (C=O) groups excluding carboxylic acids is 3. The van der Waals surface area contributed by atoms with Crippen molar-refractivity contribution in [1.82, 2.24) is 5.32 Å². The Morgan fingerprint density at radius 2 is 2.03 bits per heavy atom. The molecule has 1 N–H and O–H groups in total. The van der Waals surface area contributed by atoms with Crippen molar-refractivity contribution in [3.8, 4) is 0 Å². The highest BCUT2D eigenvalue weighted by Crippen LogP contribution is 2.45. The Labute approximate surface area is 185 Å². The summed E-state index contributed by atoms with van der Waals surface area (Å²) < 4.78 is 10.2. The van der Waals surface area contributed by atoms with Gasteiger partial charge in [0.15, 0.2) is 5.78 Å². The van der Waals surface area contributed by atoms with Crippen LogP contribution in [0.4, 0.5) is 5.69 Å². The second kappa shape index (κ2) is 9.33. The number of nitro benzene ring substituents is 1. The summed E-state index contributed by atoms with van der Waals surface area (Å²) >= 11 is 0. The van der Waals surface area contributed by atoms with Gasteiger partial charge in [0.05, 0.1) is 24.2 Å². The second-order valence-corrected chi connectivity index (χ2v) is 8.02. The highest BCUT2D eigenvalue weighted by molar-refractivity contribution is 6.12. The molecule has 2 aliphatic rings. The van der Waals surface area contributed by atoms with E-state index in [1.54, 1.807) is 19.9 Å². The lowest BCUT2D eigenvalue weighted by Gasteiger charge is -2.38. The van der Waals surface area contributed by atoms with Crippen LogP contribution >= 0.6 is 0 Å². The molecule has 170 valence electrons. The predicted octanol–water partition coefficient (Wildman–Crippen LogP) is 3.16. The fourth-order valence-corrected chi connectivity index (χ4v) is 4.37. The van der Waals surface area contributed by atoms with Crippen LogP contribution in [0.5, 0.6) is 0 Å². The van der Waals surface area contributed by atoms with E-state index in [1.807, 2.05) is 6.92 Å². The maximum atomic E-state index is 13.6. The number of ether oxygens (including phenoxy) is 2. The van der Waals surface area contributed by atoms with Crippen LogP contribution in [-0.4, -0.2) is 36.4 Å². The number of ketones is 1. The first-order chi connectivity index (χ1) is 15.2. The monoisotopic (exact) mass is 442 g/mol. The Morgan fingerprint density at radius 3 is 2.66 bits per heavy atom. The molecular weight excluding hydrogens is 416 g/mol. The molecule has 0 saturated heterocycles. The van der Waals surface area contributed by atoms with Crippen LogP contribution in [0, 0.1) is 22.0 Å².